The molecule has 7 heteroatoms. The maximum atomic E-state index is 11.6. The molecule has 29 heavy (non-hydrogen) atoms. The van der Waals surface area contributed by atoms with E-state index in [-0.39, 0.29) is 6.04 Å². The summed E-state index contributed by atoms with van der Waals surface area (Å²) in [4.78, 5) is 22.1. The van der Waals surface area contributed by atoms with Crippen LogP contribution >= 0.6 is 11.3 Å². The van der Waals surface area contributed by atoms with Gasteiger partial charge in [-0.1, -0.05) is 24.3 Å². The lowest BCUT2D eigenvalue weighted by Gasteiger charge is -2.10. The first kappa shape index (κ1) is 19.3. The van der Waals surface area contributed by atoms with Crippen LogP contribution in [0.5, 0.6) is 5.75 Å². The molecule has 1 aromatic carbocycles. The Labute approximate surface area is 173 Å². The number of allylic oxidation sites excluding steroid dienone is 4. The van der Waals surface area contributed by atoms with Gasteiger partial charge in [0.15, 0.2) is 17.1 Å². The monoisotopic (exact) mass is 406 g/mol. The van der Waals surface area contributed by atoms with Crippen molar-refractivity contribution in [3.8, 4) is 27.8 Å². The van der Waals surface area contributed by atoms with Crippen molar-refractivity contribution in [2.24, 2.45) is 0 Å². The lowest BCUT2D eigenvalue weighted by Crippen LogP contribution is -2.04. The van der Waals surface area contributed by atoms with E-state index in [1.807, 2.05) is 48.0 Å². The molecule has 0 radical (unpaired) electrons. The quantitative estimate of drug-likeness (QED) is 0.348. The molecule has 0 saturated carbocycles. The van der Waals surface area contributed by atoms with Crippen LogP contribution < -0.4 is 4.74 Å². The number of aldehydes is 1. The number of fused-ring (bicyclic) bond motifs is 3. The minimum Gasteiger partial charge on any atom is -0.493 e. The SMILES string of the molecule is C/C=C\C=C(/C=O)c1ccc2c(c1)-c1nc(-c3ncnn3C(C)C)sc1CCO2. The van der Waals surface area contributed by atoms with E-state index in [1.54, 1.807) is 17.7 Å². The zero-order valence-corrected chi connectivity index (χ0v) is 17.4. The Balaban J connectivity index is 1.83. The van der Waals surface area contributed by atoms with Crippen LogP contribution in [0.4, 0.5) is 0 Å². The first-order valence-electron chi connectivity index (χ1n) is 9.57. The first-order chi connectivity index (χ1) is 14.1. The standard InChI is InChI=1S/C22H22N4O2S/c1-4-5-6-16(12-27)15-7-8-18-17(11-15)20-19(9-10-28-18)29-22(25-20)21-23-13-24-26(21)14(2)3/h4-8,11-14H,9-10H2,1-3H3/b5-4-,16-6+. The topological polar surface area (TPSA) is 69.9 Å². The number of thiazole rings is 1. The van der Waals surface area contributed by atoms with Crippen molar-refractivity contribution in [3.63, 3.8) is 0 Å². The number of nitrogens with zero attached hydrogens (tertiary/aromatic N) is 4. The van der Waals surface area contributed by atoms with Crippen molar-refractivity contribution in [1.29, 1.82) is 0 Å². The average Bonchev–Trinajstić information content (AvgIpc) is 3.33. The number of aromatic nitrogens is 4. The molecular weight excluding hydrogens is 384 g/mol. The molecule has 2 aromatic heterocycles. The van der Waals surface area contributed by atoms with Crippen LogP contribution in [0.15, 0.2) is 42.8 Å². The lowest BCUT2D eigenvalue weighted by atomic mass is 10.0. The average molecular weight is 407 g/mol. The molecule has 0 atom stereocenters. The zero-order valence-electron chi connectivity index (χ0n) is 16.6. The van der Waals surface area contributed by atoms with Crippen molar-refractivity contribution in [2.45, 2.75) is 33.2 Å². The molecule has 1 aliphatic rings. The number of rotatable bonds is 5. The van der Waals surface area contributed by atoms with Gasteiger partial charge in [-0.3, -0.25) is 4.79 Å². The Kier molecular flexibility index (Phi) is 5.40. The van der Waals surface area contributed by atoms with E-state index in [0.29, 0.717) is 12.2 Å². The van der Waals surface area contributed by atoms with Crippen LogP contribution in [0.2, 0.25) is 0 Å². The smallest absolute Gasteiger partial charge is 0.187 e. The number of carbonyl (C=O) groups excluding carboxylic acids is 1. The minimum atomic E-state index is 0.199. The van der Waals surface area contributed by atoms with Gasteiger partial charge in [-0.2, -0.15) is 5.10 Å². The Morgan fingerprint density at radius 2 is 2.21 bits per heavy atom. The molecule has 3 aromatic rings. The van der Waals surface area contributed by atoms with E-state index in [9.17, 15) is 4.79 Å². The molecule has 0 aliphatic carbocycles. The van der Waals surface area contributed by atoms with Gasteiger partial charge in [-0.05, 0) is 38.5 Å². The summed E-state index contributed by atoms with van der Waals surface area (Å²) in [7, 11) is 0. The Morgan fingerprint density at radius 1 is 1.34 bits per heavy atom. The van der Waals surface area contributed by atoms with Crippen molar-refractivity contribution in [3.05, 3.63) is 53.2 Å². The molecule has 0 unspecified atom stereocenters. The number of ether oxygens (including phenoxy) is 1. The van der Waals surface area contributed by atoms with Gasteiger partial charge in [0.2, 0.25) is 0 Å². The van der Waals surface area contributed by atoms with Crippen molar-refractivity contribution < 1.29 is 9.53 Å². The van der Waals surface area contributed by atoms with Crippen molar-refractivity contribution in [1.82, 2.24) is 19.7 Å². The summed E-state index contributed by atoms with van der Waals surface area (Å²) in [6.45, 7) is 6.66. The van der Waals surface area contributed by atoms with Crippen molar-refractivity contribution in [2.75, 3.05) is 6.61 Å². The second kappa shape index (κ2) is 8.13. The van der Waals surface area contributed by atoms with Crippen LogP contribution in [0.25, 0.3) is 27.7 Å². The number of hydrogen-bond donors (Lipinski definition) is 0. The largest absolute Gasteiger partial charge is 0.493 e. The predicted octanol–water partition coefficient (Wildman–Crippen LogP) is 4.74. The maximum absolute atomic E-state index is 11.6. The van der Waals surface area contributed by atoms with Gasteiger partial charge in [0, 0.05) is 28.5 Å². The van der Waals surface area contributed by atoms with Gasteiger partial charge in [0.1, 0.15) is 12.1 Å². The van der Waals surface area contributed by atoms with E-state index in [1.165, 1.54) is 0 Å². The molecule has 6 nitrogen and oxygen atoms in total. The molecule has 1 aliphatic heterocycles. The fourth-order valence-electron chi connectivity index (χ4n) is 3.29. The molecule has 3 heterocycles. The molecule has 0 bridgehead atoms. The van der Waals surface area contributed by atoms with E-state index >= 15 is 0 Å². The molecule has 148 valence electrons. The van der Waals surface area contributed by atoms with Crippen LogP contribution in [0, 0.1) is 0 Å². The summed E-state index contributed by atoms with van der Waals surface area (Å²) in [5, 5.41) is 5.18. The summed E-state index contributed by atoms with van der Waals surface area (Å²) in [5.41, 5.74) is 3.26. The van der Waals surface area contributed by atoms with Crippen LogP contribution in [0.3, 0.4) is 0 Å². The fraction of sp³-hybridized carbons (Fsp3) is 0.273. The van der Waals surface area contributed by atoms with Crippen LogP contribution in [-0.4, -0.2) is 32.6 Å². The molecule has 0 spiro atoms. The van der Waals surface area contributed by atoms with Gasteiger partial charge < -0.3 is 4.74 Å². The predicted molar refractivity (Wildman–Crippen MR) is 115 cm³/mol. The van der Waals surface area contributed by atoms with Gasteiger partial charge >= 0.3 is 0 Å². The van der Waals surface area contributed by atoms with E-state index in [4.69, 9.17) is 9.72 Å². The highest BCUT2D eigenvalue weighted by atomic mass is 32.1. The molecule has 0 amide bonds. The number of hydrogen-bond acceptors (Lipinski definition) is 6. The zero-order chi connectivity index (χ0) is 20.4. The summed E-state index contributed by atoms with van der Waals surface area (Å²) in [6, 6.07) is 6.02. The third-order valence-electron chi connectivity index (χ3n) is 4.70. The van der Waals surface area contributed by atoms with Gasteiger partial charge in [0.05, 0.1) is 12.3 Å². The Hall–Kier alpha value is -3.06. The number of benzene rings is 1. The van der Waals surface area contributed by atoms with E-state index < -0.39 is 0 Å². The molecule has 0 fully saturated rings. The molecule has 0 N–H and O–H groups in total. The van der Waals surface area contributed by atoms with Gasteiger partial charge in [-0.15, -0.1) is 11.3 Å². The van der Waals surface area contributed by atoms with Gasteiger partial charge in [0.25, 0.3) is 0 Å². The second-order valence-corrected chi connectivity index (χ2v) is 8.07. The highest BCUT2D eigenvalue weighted by molar-refractivity contribution is 7.15. The minimum absolute atomic E-state index is 0.199. The molecular formula is C22H22N4O2S. The molecule has 4 rings (SSSR count). The summed E-state index contributed by atoms with van der Waals surface area (Å²) in [5.74, 6) is 1.56. The van der Waals surface area contributed by atoms with Crippen LogP contribution in [0.1, 0.15) is 37.3 Å². The lowest BCUT2D eigenvalue weighted by molar-refractivity contribution is -0.103. The molecule has 0 saturated heterocycles. The fourth-order valence-corrected chi connectivity index (χ4v) is 4.33. The summed E-state index contributed by atoms with van der Waals surface area (Å²) < 4.78 is 7.83. The number of carbonyl (C=O) groups is 1. The van der Waals surface area contributed by atoms with Crippen molar-refractivity contribution >= 4 is 23.2 Å². The normalized spacial score (nSPS) is 13.9. The first-order valence-corrected chi connectivity index (χ1v) is 10.4. The third-order valence-corrected chi connectivity index (χ3v) is 5.81. The van der Waals surface area contributed by atoms with E-state index in [2.05, 4.69) is 23.9 Å². The Morgan fingerprint density at radius 3 is 2.97 bits per heavy atom. The summed E-state index contributed by atoms with van der Waals surface area (Å²) >= 11 is 1.63. The Bertz CT molecular complexity index is 1110. The van der Waals surface area contributed by atoms with Crippen LogP contribution in [-0.2, 0) is 11.2 Å². The summed E-state index contributed by atoms with van der Waals surface area (Å²) in [6.07, 6.45) is 8.78. The third kappa shape index (κ3) is 3.65. The highest BCUT2D eigenvalue weighted by Gasteiger charge is 2.24. The second-order valence-electron chi connectivity index (χ2n) is 6.99. The highest BCUT2D eigenvalue weighted by Crippen LogP contribution is 2.41. The van der Waals surface area contributed by atoms with Gasteiger partial charge in [-0.25, -0.2) is 14.6 Å². The maximum Gasteiger partial charge on any atom is 0.187 e. The van der Waals surface area contributed by atoms with E-state index in [0.717, 1.165) is 51.0 Å².